The zero-order valence-electron chi connectivity index (χ0n) is 17.0. The predicted octanol–water partition coefficient (Wildman–Crippen LogP) is 0.627. The molecule has 2 heterocycles. The number of nitrogens with zero attached hydrogens (tertiary/aromatic N) is 2. The second-order valence-corrected chi connectivity index (χ2v) is 6.46. The summed E-state index contributed by atoms with van der Waals surface area (Å²) >= 11 is 0. The molecule has 0 fully saturated rings. The molecule has 0 saturated carbocycles. The first-order valence-electron chi connectivity index (χ1n) is 9.31. The van der Waals surface area contributed by atoms with Gasteiger partial charge in [0.25, 0.3) is 11.9 Å². The molecule has 5 N–H and O–H groups in total. The van der Waals surface area contributed by atoms with Crippen molar-refractivity contribution in [2.45, 2.75) is 39.4 Å². The number of carboxylic acid groups (broad SMARTS) is 2. The number of H-pyrrole nitrogens is 1. The Kier molecular flexibility index (Phi) is 10.8. The van der Waals surface area contributed by atoms with Crippen LogP contribution >= 0.6 is 0 Å². The quantitative estimate of drug-likeness (QED) is 0.471. The number of amides is 1. The van der Waals surface area contributed by atoms with Crippen molar-refractivity contribution in [3.8, 4) is 0 Å². The van der Waals surface area contributed by atoms with Gasteiger partial charge in [-0.2, -0.15) is 0 Å². The fourth-order valence-corrected chi connectivity index (χ4v) is 2.80. The number of aromatic amines is 1. The van der Waals surface area contributed by atoms with E-state index in [2.05, 4.69) is 27.4 Å². The van der Waals surface area contributed by atoms with E-state index in [1.54, 1.807) is 17.3 Å². The van der Waals surface area contributed by atoms with Crippen molar-refractivity contribution in [2.75, 3.05) is 13.2 Å². The van der Waals surface area contributed by atoms with Crippen LogP contribution in [0.3, 0.4) is 0 Å². The van der Waals surface area contributed by atoms with Crippen LogP contribution in [0.4, 0.5) is 0 Å². The smallest absolute Gasteiger partial charge is 0.300 e. The van der Waals surface area contributed by atoms with E-state index in [-0.39, 0.29) is 18.6 Å². The van der Waals surface area contributed by atoms with Gasteiger partial charge >= 0.3 is 0 Å². The number of benzene rings is 1. The zero-order valence-corrected chi connectivity index (χ0v) is 17.0. The third-order valence-electron chi connectivity index (χ3n) is 3.96. The highest BCUT2D eigenvalue weighted by molar-refractivity contribution is 5.82. The molecule has 0 saturated heterocycles. The van der Waals surface area contributed by atoms with Gasteiger partial charge in [-0.15, -0.1) is 0 Å². The third-order valence-corrected chi connectivity index (χ3v) is 3.96. The summed E-state index contributed by atoms with van der Waals surface area (Å²) in [5.74, 6) is -0.946. The van der Waals surface area contributed by atoms with Crippen molar-refractivity contribution in [1.29, 1.82) is 0 Å². The zero-order chi connectivity index (χ0) is 22.5. The van der Waals surface area contributed by atoms with Gasteiger partial charge in [-0.05, 0) is 17.5 Å². The van der Waals surface area contributed by atoms with Gasteiger partial charge in [0.15, 0.2) is 0 Å². The fourth-order valence-electron chi connectivity index (χ4n) is 2.80. The van der Waals surface area contributed by atoms with Crippen LogP contribution in [0.15, 0.2) is 36.7 Å². The molecule has 30 heavy (non-hydrogen) atoms. The largest absolute Gasteiger partial charge is 0.481 e. The van der Waals surface area contributed by atoms with E-state index in [0.717, 1.165) is 19.7 Å². The lowest BCUT2D eigenvalue weighted by molar-refractivity contribution is -0.135. The minimum atomic E-state index is -0.833. The van der Waals surface area contributed by atoms with E-state index >= 15 is 0 Å². The molecule has 1 aliphatic rings. The van der Waals surface area contributed by atoms with E-state index in [4.69, 9.17) is 19.8 Å². The van der Waals surface area contributed by atoms with Crippen LogP contribution in [-0.4, -0.2) is 67.2 Å². The number of carbonyl (C=O) groups is 3. The molecule has 1 amide bonds. The number of hydrogen-bond acceptors (Lipinski definition) is 6. The van der Waals surface area contributed by atoms with Crippen LogP contribution in [0, 0.1) is 0 Å². The number of aromatic nitrogens is 2. The van der Waals surface area contributed by atoms with Crippen molar-refractivity contribution in [1.82, 2.24) is 20.2 Å². The summed E-state index contributed by atoms with van der Waals surface area (Å²) in [5.41, 5.74) is 2.45. The van der Waals surface area contributed by atoms with Crippen molar-refractivity contribution >= 4 is 17.8 Å². The number of carboxylic acids is 2. The molecule has 2 aromatic rings. The molecule has 0 radical (unpaired) electrons. The van der Waals surface area contributed by atoms with E-state index < -0.39 is 11.9 Å². The first-order valence-corrected chi connectivity index (χ1v) is 9.31. The van der Waals surface area contributed by atoms with Crippen molar-refractivity contribution in [3.05, 3.63) is 53.6 Å². The highest BCUT2D eigenvalue weighted by Crippen LogP contribution is 2.17. The Morgan fingerprint density at radius 2 is 1.73 bits per heavy atom. The fraction of sp³-hybridized carbons (Fsp3) is 0.400. The second-order valence-electron chi connectivity index (χ2n) is 6.46. The summed E-state index contributed by atoms with van der Waals surface area (Å²) in [4.78, 5) is 39.5. The first kappa shape index (κ1) is 24.8. The van der Waals surface area contributed by atoms with Crippen LogP contribution in [-0.2, 0) is 33.9 Å². The van der Waals surface area contributed by atoms with Gasteiger partial charge in [0.05, 0.1) is 19.2 Å². The lowest BCUT2D eigenvalue weighted by Crippen LogP contribution is -2.50. The summed E-state index contributed by atoms with van der Waals surface area (Å²) in [7, 11) is 0. The summed E-state index contributed by atoms with van der Waals surface area (Å²) in [6.45, 7) is 3.49. The Labute approximate surface area is 174 Å². The minimum absolute atomic E-state index is 0.0000435. The lowest BCUT2D eigenvalue weighted by atomic mass is 9.95. The molecule has 0 unspecified atom stereocenters. The van der Waals surface area contributed by atoms with E-state index in [1.807, 2.05) is 12.1 Å². The molecule has 0 spiro atoms. The number of aliphatic hydroxyl groups excluding tert-OH is 1. The standard InChI is InChI=1S/C16H20N4O2.2C2H4O2/c21-8-7-20(11-15-17-5-6-18-15)16(22)14-9-12-3-1-2-4-13(12)10-19-14;2*1-2(3)4/h1-6,14,19,21H,7-11H2,(H,17,18);2*1H3,(H,3,4)/t14-;;/m1../s1. The summed E-state index contributed by atoms with van der Waals surface area (Å²) in [5, 5.41) is 27.3. The second kappa shape index (κ2) is 13.1. The highest BCUT2D eigenvalue weighted by Gasteiger charge is 2.28. The minimum Gasteiger partial charge on any atom is -0.481 e. The number of imidazole rings is 1. The molecule has 0 bridgehead atoms. The van der Waals surface area contributed by atoms with Gasteiger partial charge < -0.3 is 30.5 Å². The molecule has 10 heteroatoms. The number of hydrogen-bond donors (Lipinski definition) is 5. The monoisotopic (exact) mass is 420 g/mol. The van der Waals surface area contributed by atoms with Gasteiger partial charge in [-0.25, -0.2) is 4.98 Å². The number of rotatable bonds is 5. The van der Waals surface area contributed by atoms with Gasteiger partial charge in [-0.3, -0.25) is 14.4 Å². The molecule has 3 rings (SSSR count). The number of fused-ring (bicyclic) bond motifs is 1. The van der Waals surface area contributed by atoms with E-state index in [9.17, 15) is 9.90 Å². The van der Waals surface area contributed by atoms with E-state index in [0.29, 0.717) is 26.1 Å². The van der Waals surface area contributed by atoms with Crippen LogP contribution in [0.2, 0.25) is 0 Å². The molecule has 1 aromatic carbocycles. The topological polar surface area (TPSA) is 156 Å². The summed E-state index contributed by atoms with van der Waals surface area (Å²) < 4.78 is 0. The predicted molar refractivity (Wildman–Crippen MR) is 108 cm³/mol. The number of aliphatic hydroxyl groups is 1. The molecular weight excluding hydrogens is 392 g/mol. The Bertz CT molecular complexity index is 789. The third kappa shape index (κ3) is 9.30. The number of aliphatic carboxylic acids is 2. The maximum absolute atomic E-state index is 12.7. The van der Waals surface area contributed by atoms with Crippen LogP contribution in [0.25, 0.3) is 0 Å². The average Bonchev–Trinajstić information content (AvgIpc) is 3.19. The van der Waals surface area contributed by atoms with Crippen molar-refractivity contribution in [3.63, 3.8) is 0 Å². The summed E-state index contributed by atoms with van der Waals surface area (Å²) in [6.07, 6.45) is 4.06. The van der Waals surface area contributed by atoms with Crippen molar-refractivity contribution < 1.29 is 29.7 Å². The van der Waals surface area contributed by atoms with Gasteiger partial charge in [0.2, 0.25) is 5.91 Å². The molecule has 164 valence electrons. The van der Waals surface area contributed by atoms with Gasteiger partial charge in [0, 0.05) is 39.3 Å². The van der Waals surface area contributed by atoms with E-state index in [1.165, 1.54) is 11.1 Å². The van der Waals surface area contributed by atoms with Gasteiger partial charge in [-0.1, -0.05) is 24.3 Å². The van der Waals surface area contributed by atoms with Gasteiger partial charge in [0.1, 0.15) is 5.82 Å². The first-order chi connectivity index (χ1) is 14.2. The van der Waals surface area contributed by atoms with Crippen molar-refractivity contribution in [2.24, 2.45) is 0 Å². The number of carbonyl (C=O) groups excluding carboxylic acids is 1. The summed E-state index contributed by atoms with van der Waals surface area (Å²) in [6, 6.07) is 7.91. The Morgan fingerprint density at radius 1 is 1.13 bits per heavy atom. The number of nitrogens with one attached hydrogen (secondary N) is 2. The maximum Gasteiger partial charge on any atom is 0.300 e. The highest BCUT2D eigenvalue weighted by atomic mass is 16.4. The molecule has 0 aliphatic carbocycles. The maximum atomic E-state index is 12.7. The van der Waals surface area contributed by atoms with Crippen LogP contribution in [0.5, 0.6) is 0 Å². The van der Waals surface area contributed by atoms with Crippen LogP contribution in [0.1, 0.15) is 30.8 Å². The lowest BCUT2D eigenvalue weighted by Gasteiger charge is -2.30. The molecular formula is C20H28N4O6. The van der Waals surface area contributed by atoms with Crippen LogP contribution < -0.4 is 5.32 Å². The molecule has 1 atom stereocenters. The Balaban J connectivity index is 0.000000485. The molecule has 1 aromatic heterocycles. The average molecular weight is 420 g/mol. The Morgan fingerprint density at radius 3 is 2.27 bits per heavy atom. The SMILES string of the molecule is CC(=O)O.CC(=O)O.O=C([C@H]1Cc2ccccc2CN1)N(CCO)Cc1ncc[nH]1. The molecule has 10 nitrogen and oxygen atoms in total. The Hall–Kier alpha value is -3.24. The normalized spacial score (nSPS) is 14.2. The molecule has 1 aliphatic heterocycles.